The molecule has 0 aromatic heterocycles. The highest BCUT2D eigenvalue weighted by Crippen LogP contribution is 2.21. The average Bonchev–Trinajstić information content (AvgIpc) is 2.49. The van der Waals surface area contributed by atoms with E-state index in [4.69, 9.17) is 10.5 Å². The lowest BCUT2D eigenvalue weighted by Gasteiger charge is -2.18. The first kappa shape index (κ1) is 16.0. The van der Waals surface area contributed by atoms with Gasteiger partial charge in [-0.05, 0) is 36.4 Å². The second kappa shape index (κ2) is 7.59. The van der Waals surface area contributed by atoms with Crippen molar-refractivity contribution < 1.29 is 4.74 Å². The molecule has 0 bridgehead atoms. The van der Waals surface area contributed by atoms with Gasteiger partial charge in [-0.3, -0.25) is 4.90 Å². The molecule has 2 aromatic rings. The molecule has 0 amide bonds. The summed E-state index contributed by atoms with van der Waals surface area (Å²) in [5.41, 5.74) is 9.34. The van der Waals surface area contributed by atoms with Crippen molar-refractivity contribution in [3.8, 4) is 5.75 Å². The van der Waals surface area contributed by atoms with Gasteiger partial charge in [-0.2, -0.15) is 0 Å². The Kier molecular flexibility index (Phi) is 5.79. The monoisotopic (exact) mass is 348 g/mol. The molecule has 0 spiro atoms. The smallest absolute Gasteiger partial charge is 0.123 e. The van der Waals surface area contributed by atoms with Gasteiger partial charge in [0.25, 0.3) is 0 Å². The van der Waals surface area contributed by atoms with E-state index in [1.807, 2.05) is 12.1 Å². The van der Waals surface area contributed by atoms with Crippen LogP contribution in [0.1, 0.15) is 16.7 Å². The summed E-state index contributed by atoms with van der Waals surface area (Å²) < 4.78 is 6.46. The third-order valence-electron chi connectivity index (χ3n) is 3.42. The predicted molar refractivity (Wildman–Crippen MR) is 90.2 cm³/mol. The van der Waals surface area contributed by atoms with E-state index in [1.165, 1.54) is 11.1 Å². The number of benzene rings is 2. The zero-order valence-corrected chi connectivity index (χ0v) is 14.1. The first-order valence-corrected chi connectivity index (χ1v) is 7.71. The summed E-state index contributed by atoms with van der Waals surface area (Å²) in [6.07, 6.45) is 0. The lowest BCUT2D eigenvalue weighted by atomic mass is 10.1. The van der Waals surface area contributed by atoms with Crippen molar-refractivity contribution in [2.24, 2.45) is 5.73 Å². The molecule has 0 saturated heterocycles. The SMILES string of the molecule is COc1ccc(CN(C)Cc2ccccc2Br)cc1CN. The molecule has 21 heavy (non-hydrogen) atoms. The summed E-state index contributed by atoms with van der Waals surface area (Å²) in [7, 11) is 3.79. The molecule has 0 aliphatic carbocycles. The maximum Gasteiger partial charge on any atom is 0.123 e. The van der Waals surface area contributed by atoms with Gasteiger partial charge in [0, 0.05) is 29.7 Å². The Hall–Kier alpha value is -1.36. The Morgan fingerprint density at radius 1 is 1.10 bits per heavy atom. The fraction of sp³-hybridized carbons (Fsp3) is 0.294. The second-order valence-corrected chi connectivity index (χ2v) is 5.97. The van der Waals surface area contributed by atoms with Crippen LogP contribution in [0, 0.1) is 0 Å². The van der Waals surface area contributed by atoms with Crippen LogP contribution in [0.25, 0.3) is 0 Å². The van der Waals surface area contributed by atoms with E-state index < -0.39 is 0 Å². The maximum absolute atomic E-state index is 5.77. The van der Waals surface area contributed by atoms with Crippen LogP contribution in [0.4, 0.5) is 0 Å². The predicted octanol–water partition coefficient (Wildman–Crippen LogP) is 3.55. The number of nitrogens with two attached hydrogens (primary N) is 1. The minimum Gasteiger partial charge on any atom is -0.496 e. The van der Waals surface area contributed by atoms with Gasteiger partial charge in [-0.1, -0.05) is 40.2 Å². The van der Waals surface area contributed by atoms with E-state index in [-0.39, 0.29) is 0 Å². The van der Waals surface area contributed by atoms with E-state index in [1.54, 1.807) is 7.11 Å². The molecular weight excluding hydrogens is 328 g/mol. The summed E-state index contributed by atoms with van der Waals surface area (Å²) in [5, 5.41) is 0. The number of rotatable bonds is 6. The van der Waals surface area contributed by atoms with Crippen molar-refractivity contribution in [2.45, 2.75) is 19.6 Å². The molecule has 0 fully saturated rings. The van der Waals surface area contributed by atoms with Crippen molar-refractivity contribution in [2.75, 3.05) is 14.2 Å². The first-order chi connectivity index (χ1) is 10.1. The number of halogens is 1. The van der Waals surface area contributed by atoms with Gasteiger partial charge in [0.1, 0.15) is 5.75 Å². The van der Waals surface area contributed by atoms with Crippen LogP contribution in [0.2, 0.25) is 0 Å². The minimum absolute atomic E-state index is 0.491. The summed E-state index contributed by atoms with van der Waals surface area (Å²) in [5.74, 6) is 0.856. The third-order valence-corrected chi connectivity index (χ3v) is 4.19. The van der Waals surface area contributed by atoms with Gasteiger partial charge in [-0.15, -0.1) is 0 Å². The highest BCUT2D eigenvalue weighted by molar-refractivity contribution is 9.10. The largest absolute Gasteiger partial charge is 0.496 e. The molecule has 0 saturated carbocycles. The molecule has 2 rings (SSSR count). The lowest BCUT2D eigenvalue weighted by Crippen LogP contribution is -2.17. The Bertz CT molecular complexity index is 601. The molecule has 0 heterocycles. The fourth-order valence-electron chi connectivity index (χ4n) is 2.37. The summed E-state index contributed by atoms with van der Waals surface area (Å²) in [6, 6.07) is 14.5. The van der Waals surface area contributed by atoms with Crippen LogP contribution >= 0.6 is 15.9 Å². The normalized spacial score (nSPS) is 10.9. The first-order valence-electron chi connectivity index (χ1n) is 6.92. The topological polar surface area (TPSA) is 38.5 Å². The highest BCUT2D eigenvalue weighted by Gasteiger charge is 2.07. The minimum atomic E-state index is 0.491. The van der Waals surface area contributed by atoms with Crippen LogP contribution in [0.3, 0.4) is 0 Å². The van der Waals surface area contributed by atoms with Crippen molar-refractivity contribution in [1.29, 1.82) is 0 Å². The molecule has 2 N–H and O–H groups in total. The van der Waals surface area contributed by atoms with E-state index in [2.05, 4.69) is 58.2 Å². The zero-order valence-electron chi connectivity index (χ0n) is 12.5. The second-order valence-electron chi connectivity index (χ2n) is 5.11. The van der Waals surface area contributed by atoms with Gasteiger partial charge >= 0.3 is 0 Å². The van der Waals surface area contributed by atoms with Crippen LogP contribution in [0.5, 0.6) is 5.75 Å². The van der Waals surface area contributed by atoms with Gasteiger partial charge in [0.05, 0.1) is 7.11 Å². The van der Waals surface area contributed by atoms with Crippen LogP contribution in [0.15, 0.2) is 46.9 Å². The molecule has 0 radical (unpaired) electrons. The number of methoxy groups -OCH3 is 1. The van der Waals surface area contributed by atoms with Crippen molar-refractivity contribution in [3.05, 3.63) is 63.6 Å². The van der Waals surface area contributed by atoms with E-state index >= 15 is 0 Å². The molecule has 4 heteroatoms. The number of hydrogen-bond acceptors (Lipinski definition) is 3. The summed E-state index contributed by atoms with van der Waals surface area (Å²) >= 11 is 3.59. The third kappa shape index (κ3) is 4.30. The Morgan fingerprint density at radius 3 is 2.52 bits per heavy atom. The van der Waals surface area contributed by atoms with Gasteiger partial charge in [0.2, 0.25) is 0 Å². The standard InChI is InChI=1S/C17H21BrN2O/c1-20(12-14-5-3-4-6-16(14)18)11-13-7-8-17(21-2)15(9-13)10-19/h3-9H,10-12,19H2,1-2H3. The molecule has 0 atom stereocenters. The molecular formula is C17H21BrN2O. The molecule has 112 valence electrons. The van der Waals surface area contributed by atoms with E-state index in [0.717, 1.165) is 28.9 Å². The molecule has 0 aliphatic heterocycles. The lowest BCUT2D eigenvalue weighted by molar-refractivity contribution is 0.318. The quantitative estimate of drug-likeness (QED) is 0.867. The Balaban J connectivity index is 2.06. The van der Waals surface area contributed by atoms with Crippen molar-refractivity contribution in [1.82, 2.24) is 4.90 Å². The molecule has 2 aromatic carbocycles. The average molecular weight is 349 g/mol. The Labute approximate surface area is 134 Å². The van der Waals surface area contributed by atoms with Crippen molar-refractivity contribution in [3.63, 3.8) is 0 Å². The number of hydrogen-bond donors (Lipinski definition) is 1. The highest BCUT2D eigenvalue weighted by atomic mass is 79.9. The van der Waals surface area contributed by atoms with Gasteiger partial charge in [0.15, 0.2) is 0 Å². The molecule has 0 unspecified atom stereocenters. The molecule has 0 aliphatic rings. The maximum atomic E-state index is 5.77. The van der Waals surface area contributed by atoms with Crippen molar-refractivity contribution >= 4 is 15.9 Å². The summed E-state index contributed by atoms with van der Waals surface area (Å²) in [6.45, 7) is 2.26. The zero-order chi connectivity index (χ0) is 15.2. The van der Waals surface area contributed by atoms with E-state index in [9.17, 15) is 0 Å². The molecule has 3 nitrogen and oxygen atoms in total. The number of nitrogens with zero attached hydrogens (tertiary/aromatic N) is 1. The van der Waals surface area contributed by atoms with Gasteiger partial charge in [-0.25, -0.2) is 0 Å². The van der Waals surface area contributed by atoms with Crippen LogP contribution in [-0.2, 0) is 19.6 Å². The van der Waals surface area contributed by atoms with Gasteiger partial charge < -0.3 is 10.5 Å². The Morgan fingerprint density at radius 2 is 1.86 bits per heavy atom. The number of ether oxygens (including phenoxy) is 1. The van der Waals surface area contributed by atoms with Crippen LogP contribution in [-0.4, -0.2) is 19.1 Å². The fourth-order valence-corrected chi connectivity index (χ4v) is 2.78. The van der Waals surface area contributed by atoms with E-state index in [0.29, 0.717) is 6.54 Å². The van der Waals surface area contributed by atoms with Crippen LogP contribution < -0.4 is 10.5 Å². The summed E-state index contributed by atoms with van der Waals surface area (Å²) in [4.78, 5) is 2.28.